The number of alkyl halides is 1. The monoisotopic (exact) mass is 376 g/mol. The molecule has 1 nitrogen and oxygen atoms in total. The molecule has 0 radical (unpaired) electrons. The third kappa shape index (κ3) is 3.29. The summed E-state index contributed by atoms with van der Waals surface area (Å²) in [6, 6.07) is 8.57. The predicted molar refractivity (Wildman–Crippen MR) is 73.2 cm³/mol. The quantitative estimate of drug-likeness (QED) is 0.649. The summed E-state index contributed by atoms with van der Waals surface area (Å²) in [6.07, 6.45) is 0. The normalized spacial score (nSPS) is 10.4. The lowest BCUT2D eigenvalue weighted by Crippen LogP contribution is -1.91. The van der Waals surface area contributed by atoms with E-state index in [1.165, 1.54) is 0 Å². The summed E-state index contributed by atoms with van der Waals surface area (Å²) in [4.78, 5) is 0. The van der Waals surface area contributed by atoms with Crippen molar-refractivity contribution in [1.29, 1.82) is 0 Å². The van der Waals surface area contributed by atoms with E-state index in [0.717, 1.165) is 28.2 Å². The molecule has 18 heavy (non-hydrogen) atoms. The summed E-state index contributed by atoms with van der Waals surface area (Å²) >= 11 is 6.66. The summed E-state index contributed by atoms with van der Waals surface area (Å²) in [5.41, 5.74) is 0.892. The molecule has 0 aliphatic rings. The van der Waals surface area contributed by atoms with Crippen LogP contribution in [0.3, 0.4) is 0 Å². The van der Waals surface area contributed by atoms with Crippen molar-refractivity contribution in [2.24, 2.45) is 0 Å². The molecule has 0 spiro atoms. The highest BCUT2D eigenvalue weighted by atomic mass is 79.9. The Kier molecular flexibility index (Phi) is 4.35. The fraction of sp³-hybridized carbons (Fsp3) is 0.0769. The van der Waals surface area contributed by atoms with Gasteiger partial charge in [-0.2, -0.15) is 0 Å². The average Bonchev–Trinajstić information content (AvgIpc) is 2.27. The lowest BCUT2D eigenvalue weighted by molar-refractivity contribution is 0.464. The average molecular weight is 378 g/mol. The highest BCUT2D eigenvalue weighted by molar-refractivity contribution is 9.10. The van der Waals surface area contributed by atoms with Gasteiger partial charge in [-0.25, -0.2) is 8.78 Å². The standard InChI is InChI=1S/C13H8Br2F2O/c14-7-8-1-2-9(15)3-13(8)18-12-5-10(16)4-11(17)6-12/h1-6H,7H2. The Hall–Kier alpha value is -0.940. The summed E-state index contributed by atoms with van der Waals surface area (Å²) in [5.74, 6) is -0.653. The third-order valence-corrected chi connectivity index (χ3v) is 3.33. The molecular formula is C13H8Br2F2O. The zero-order chi connectivity index (χ0) is 13.1. The van der Waals surface area contributed by atoms with E-state index in [1.54, 1.807) is 6.07 Å². The van der Waals surface area contributed by atoms with Gasteiger partial charge in [0.1, 0.15) is 23.1 Å². The van der Waals surface area contributed by atoms with Crippen LogP contribution in [-0.2, 0) is 5.33 Å². The van der Waals surface area contributed by atoms with Crippen molar-refractivity contribution in [2.45, 2.75) is 5.33 Å². The Labute approximate surface area is 120 Å². The molecule has 0 aromatic heterocycles. The molecule has 0 saturated carbocycles. The Morgan fingerprint density at radius 2 is 1.67 bits per heavy atom. The first-order valence-electron chi connectivity index (χ1n) is 5.07. The summed E-state index contributed by atoms with van der Waals surface area (Å²) in [7, 11) is 0. The topological polar surface area (TPSA) is 9.23 Å². The molecule has 0 N–H and O–H groups in total. The fourth-order valence-corrected chi connectivity index (χ4v) is 2.25. The van der Waals surface area contributed by atoms with E-state index in [2.05, 4.69) is 31.9 Å². The van der Waals surface area contributed by atoms with Crippen molar-refractivity contribution < 1.29 is 13.5 Å². The molecule has 2 rings (SSSR count). The van der Waals surface area contributed by atoms with E-state index < -0.39 is 11.6 Å². The van der Waals surface area contributed by atoms with Crippen LogP contribution in [0.25, 0.3) is 0 Å². The van der Waals surface area contributed by atoms with Crippen LogP contribution in [-0.4, -0.2) is 0 Å². The molecule has 0 saturated heterocycles. The molecule has 2 aromatic rings. The molecule has 0 heterocycles. The Balaban J connectivity index is 2.35. The first-order valence-corrected chi connectivity index (χ1v) is 6.98. The zero-order valence-corrected chi connectivity index (χ0v) is 12.3. The van der Waals surface area contributed by atoms with Gasteiger partial charge in [-0.1, -0.05) is 37.9 Å². The third-order valence-electron chi connectivity index (χ3n) is 2.24. The number of halogens is 4. The Morgan fingerprint density at radius 3 is 2.28 bits per heavy atom. The highest BCUT2D eigenvalue weighted by Gasteiger charge is 2.07. The van der Waals surface area contributed by atoms with Crippen molar-refractivity contribution in [3.8, 4) is 11.5 Å². The molecular weight excluding hydrogens is 370 g/mol. The van der Waals surface area contributed by atoms with Crippen molar-refractivity contribution in [1.82, 2.24) is 0 Å². The maximum atomic E-state index is 13.1. The van der Waals surface area contributed by atoms with Crippen molar-refractivity contribution in [2.75, 3.05) is 0 Å². The number of benzene rings is 2. The molecule has 2 aromatic carbocycles. The fourth-order valence-electron chi connectivity index (χ4n) is 1.45. The second-order valence-corrected chi connectivity index (χ2v) is 5.07. The van der Waals surface area contributed by atoms with E-state index in [9.17, 15) is 8.78 Å². The van der Waals surface area contributed by atoms with Crippen LogP contribution in [0.4, 0.5) is 8.78 Å². The molecule has 0 aliphatic heterocycles. The minimum absolute atomic E-state index is 0.132. The minimum atomic E-state index is -0.666. The predicted octanol–water partition coefficient (Wildman–Crippen LogP) is 5.41. The van der Waals surface area contributed by atoms with Crippen molar-refractivity contribution in [3.05, 3.63) is 58.1 Å². The van der Waals surface area contributed by atoms with Crippen LogP contribution in [0, 0.1) is 11.6 Å². The smallest absolute Gasteiger partial charge is 0.133 e. The maximum Gasteiger partial charge on any atom is 0.133 e. The minimum Gasteiger partial charge on any atom is -0.457 e. The van der Waals surface area contributed by atoms with E-state index in [1.807, 2.05) is 12.1 Å². The van der Waals surface area contributed by atoms with Crippen molar-refractivity contribution in [3.63, 3.8) is 0 Å². The molecule has 0 unspecified atom stereocenters. The lowest BCUT2D eigenvalue weighted by Gasteiger charge is -2.10. The van der Waals surface area contributed by atoms with Gasteiger partial charge < -0.3 is 4.74 Å². The SMILES string of the molecule is Fc1cc(F)cc(Oc2cc(Br)ccc2CBr)c1. The number of ether oxygens (including phenoxy) is 1. The van der Waals surface area contributed by atoms with Gasteiger partial charge >= 0.3 is 0 Å². The molecule has 0 fully saturated rings. The van der Waals surface area contributed by atoms with Gasteiger partial charge in [-0.15, -0.1) is 0 Å². The van der Waals surface area contributed by atoms with Crippen LogP contribution in [0.15, 0.2) is 40.9 Å². The molecule has 0 aliphatic carbocycles. The van der Waals surface area contributed by atoms with Gasteiger partial charge in [-0.05, 0) is 12.1 Å². The number of hydrogen-bond acceptors (Lipinski definition) is 1. The van der Waals surface area contributed by atoms with E-state index in [-0.39, 0.29) is 5.75 Å². The van der Waals surface area contributed by atoms with E-state index >= 15 is 0 Å². The van der Waals surface area contributed by atoms with Crippen LogP contribution in [0.5, 0.6) is 11.5 Å². The van der Waals surface area contributed by atoms with E-state index in [4.69, 9.17) is 4.74 Å². The van der Waals surface area contributed by atoms with Gasteiger partial charge in [0.2, 0.25) is 0 Å². The Morgan fingerprint density at radius 1 is 1.00 bits per heavy atom. The van der Waals surface area contributed by atoms with Gasteiger partial charge in [0.25, 0.3) is 0 Å². The van der Waals surface area contributed by atoms with Crippen LogP contribution >= 0.6 is 31.9 Å². The first kappa shape index (κ1) is 13.5. The first-order chi connectivity index (χ1) is 8.58. The zero-order valence-electron chi connectivity index (χ0n) is 9.09. The van der Waals surface area contributed by atoms with Gasteiger partial charge in [0.05, 0.1) is 0 Å². The van der Waals surface area contributed by atoms with Crippen LogP contribution < -0.4 is 4.74 Å². The lowest BCUT2D eigenvalue weighted by atomic mass is 10.2. The van der Waals surface area contributed by atoms with Gasteiger partial charge in [0, 0.05) is 33.6 Å². The van der Waals surface area contributed by atoms with Gasteiger partial charge in [-0.3, -0.25) is 0 Å². The van der Waals surface area contributed by atoms with Gasteiger partial charge in [0.15, 0.2) is 0 Å². The maximum absolute atomic E-state index is 13.1. The summed E-state index contributed by atoms with van der Waals surface area (Å²) in [5, 5.41) is 0.591. The second kappa shape index (κ2) is 5.80. The number of hydrogen-bond donors (Lipinski definition) is 0. The molecule has 0 bridgehead atoms. The summed E-state index contributed by atoms with van der Waals surface area (Å²) in [6.45, 7) is 0. The second-order valence-electron chi connectivity index (χ2n) is 3.59. The number of rotatable bonds is 3. The Bertz CT molecular complexity index is 553. The molecule has 0 atom stereocenters. The summed E-state index contributed by atoms with van der Waals surface area (Å²) < 4.78 is 32.4. The molecule has 0 amide bonds. The largest absolute Gasteiger partial charge is 0.457 e. The highest BCUT2D eigenvalue weighted by Crippen LogP contribution is 2.30. The van der Waals surface area contributed by atoms with Crippen LogP contribution in [0.1, 0.15) is 5.56 Å². The molecule has 5 heteroatoms. The van der Waals surface area contributed by atoms with Crippen molar-refractivity contribution >= 4 is 31.9 Å². The van der Waals surface area contributed by atoms with Crippen LogP contribution in [0.2, 0.25) is 0 Å². The molecule has 94 valence electrons. The van der Waals surface area contributed by atoms with E-state index in [0.29, 0.717) is 11.1 Å².